The highest BCUT2D eigenvalue weighted by atomic mass is 35.6. The molecule has 0 aliphatic heterocycles. The minimum atomic E-state index is -1.59. The molecule has 0 fully saturated rings. The van der Waals surface area contributed by atoms with E-state index in [1.165, 1.54) is 16.7 Å². The number of rotatable bonds is 4. The number of anilines is 1. The van der Waals surface area contributed by atoms with Crippen molar-refractivity contribution in [2.75, 3.05) is 18.1 Å². The van der Waals surface area contributed by atoms with Crippen LogP contribution < -0.4 is 5.32 Å². The Morgan fingerprint density at radius 2 is 1.95 bits per heavy atom. The van der Waals surface area contributed by atoms with Gasteiger partial charge in [0.25, 0.3) is 0 Å². The van der Waals surface area contributed by atoms with Crippen LogP contribution in [0.2, 0.25) is 10.0 Å². The van der Waals surface area contributed by atoms with E-state index >= 15 is 0 Å². The van der Waals surface area contributed by atoms with E-state index in [4.69, 9.17) is 58.0 Å². The maximum Gasteiger partial charge on any atom is 0.322 e. The number of benzene rings is 1. The number of nitrogens with zero attached hydrogens (tertiary/aromatic N) is 1. The Balaban J connectivity index is 2.83. The summed E-state index contributed by atoms with van der Waals surface area (Å²) in [6.07, 6.45) is 0. The Morgan fingerprint density at radius 1 is 1.33 bits per heavy atom. The van der Waals surface area contributed by atoms with Crippen molar-refractivity contribution < 1.29 is 4.79 Å². The van der Waals surface area contributed by atoms with Gasteiger partial charge in [0.1, 0.15) is 5.37 Å². The van der Waals surface area contributed by atoms with E-state index in [1.54, 1.807) is 25.2 Å². The van der Waals surface area contributed by atoms with Crippen molar-refractivity contribution in [2.45, 2.75) is 16.1 Å². The van der Waals surface area contributed by atoms with Gasteiger partial charge in [-0.25, -0.2) is 4.79 Å². The van der Waals surface area contributed by atoms with Crippen LogP contribution in [-0.2, 0) is 0 Å². The van der Waals surface area contributed by atoms with E-state index in [2.05, 4.69) is 5.32 Å². The molecule has 0 saturated carbocycles. The van der Waals surface area contributed by atoms with E-state index in [0.29, 0.717) is 21.5 Å². The number of carbonyl (C=O) groups is 1. The van der Waals surface area contributed by atoms with Crippen molar-refractivity contribution in [3.8, 4) is 0 Å². The van der Waals surface area contributed by atoms with Gasteiger partial charge in [-0.15, -0.1) is 11.8 Å². The number of urea groups is 1. The quantitative estimate of drug-likeness (QED) is 0.495. The fourth-order valence-corrected chi connectivity index (χ4v) is 3.60. The number of hydrogen-bond donors (Lipinski definition) is 1. The zero-order chi connectivity index (χ0) is 16.2. The maximum absolute atomic E-state index is 12.2. The number of amides is 2. The van der Waals surface area contributed by atoms with Crippen molar-refractivity contribution >= 4 is 81.5 Å². The largest absolute Gasteiger partial charge is 0.322 e. The molecule has 1 atom stereocenters. The summed E-state index contributed by atoms with van der Waals surface area (Å²) < 4.78 is -1.59. The molecule has 0 aliphatic rings. The fraction of sp³-hybridized carbons (Fsp3) is 0.417. The summed E-state index contributed by atoms with van der Waals surface area (Å²) in [5, 5.41) is 2.81. The van der Waals surface area contributed by atoms with E-state index in [-0.39, 0.29) is 0 Å². The Labute approximate surface area is 153 Å². The van der Waals surface area contributed by atoms with Crippen LogP contribution in [-0.4, -0.2) is 32.9 Å². The lowest BCUT2D eigenvalue weighted by Gasteiger charge is -2.32. The summed E-state index contributed by atoms with van der Waals surface area (Å²) in [5.74, 6) is 0.697. The lowest BCUT2D eigenvalue weighted by Crippen LogP contribution is -2.45. The van der Waals surface area contributed by atoms with Crippen LogP contribution >= 0.6 is 69.8 Å². The second kappa shape index (κ2) is 8.23. The lowest BCUT2D eigenvalue weighted by atomic mass is 10.3. The molecule has 1 aromatic carbocycles. The Bertz CT molecular complexity index is 509. The van der Waals surface area contributed by atoms with Crippen LogP contribution in [0.15, 0.2) is 18.2 Å². The van der Waals surface area contributed by atoms with Gasteiger partial charge in [0.2, 0.25) is 3.79 Å². The van der Waals surface area contributed by atoms with Crippen molar-refractivity contribution in [1.29, 1.82) is 0 Å². The molecule has 118 valence electrons. The predicted octanol–water partition coefficient (Wildman–Crippen LogP) is 5.91. The summed E-state index contributed by atoms with van der Waals surface area (Å²) in [5.41, 5.74) is 0.505. The number of carbonyl (C=O) groups excluding carboxylic acids is 1. The highest BCUT2D eigenvalue weighted by Gasteiger charge is 2.38. The number of thioether (sulfide) groups is 1. The Morgan fingerprint density at radius 3 is 2.43 bits per heavy atom. The van der Waals surface area contributed by atoms with Crippen LogP contribution in [0, 0.1) is 0 Å². The smallest absolute Gasteiger partial charge is 0.311 e. The summed E-state index contributed by atoms with van der Waals surface area (Å²) in [7, 11) is 1.56. The monoisotopic (exact) mass is 408 g/mol. The van der Waals surface area contributed by atoms with Gasteiger partial charge >= 0.3 is 6.03 Å². The summed E-state index contributed by atoms with van der Waals surface area (Å²) in [4.78, 5) is 13.6. The second-order valence-corrected chi connectivity index (χ2v) is 8.56. The molecule has 0 radical (unpaired) electrons. The molecule has 2 amide bonds. The molecule has 3 nitrogen and oxygen atoms in total. The van der Waals surface area contributed by atoms with Gasteiger partial charge in [0.15, 0.2) is 0 Å². The summed E-state index contributed by atoms with van der Waals surface area (Å²) >= 11 is 30.8. The molecule has 0 heterocycles. The van der Waals surface area contributed by atoms with Crippen molar-refractivity contribution in [3.05, 3.63) is 28.2 Å². The average Bonchev–Trinajstić information content (AvgIpc) is 2.38. The SMILES string of the molecule is CCSC(N(C)C(=O)Nc1ccc(Cl)c(Cl)c1)C(Cl)(Cl)Cl. The molecule has 0 aliphatic carbocycles. The zero-order valence-corrected chi connectivity index (χ0v) is 15.8. The van der Waals surface area contributed by atoms with Gasteiger partial charge in [-0.1, -0.05) is 64.9 Å². The van der Waals surface area contributed by atoms with Crippen LogP contribution in [0.5, 0.6) is 0 Å². The van der Waals surface area contributed by atoms with Crippen molar-refractivity contribution in [3.63, 3.8) is 0 Å². The van der Waals surface area contributed by atoms with Gasteiger partial charge in [-0.3, -0.25) is 0 Å². The maximum atomic E-state index is 12.2. The number of halogens is 5. The molecule has 0 aromatic heterocycles. The molecule has 1 N–H and O–H groups in total. The highest BCUT2D eigenvalue weighted by molar-refractivity contribution is 8.00. The van der Waals surface area contributed by atoms with Gasteiger partial charge in [0, 0.05) is 12.7 Å². The Hall–Kier alpha value is 0.290. The third kappa shape index (κ3) is 5.77. The molecular weight excluding hydrogens is 397 g/mol. The van der Waals surface area contributed by atoms with Crippen LogP contribution in [0.25, 0.3) is 0 Å². The van der Waals surface area contributed by atoms with E-state index in [0.717, 1.165) is 0 Å². The van der Waals surface area contributed by atoms with Gasteiger partial charge in [-0.2, -0.15) is 0 Å². The third-order valence-corrected chi connectivity index (χ3v) is 5.51. The lowest BCUT2D eigenvalue weighted by molar-refractivity contribution is 0.219. The number of hydrogen-bond acceptors (Lipinski definition) is 2. The molecular formula is C12H13Cl5N2OS. The molecule has 0 spiro atoms. The minimum Gasteiger partial charge on any atom is -0.311 e. The minimum absolute atomic E-state index is 0.345. The number of nitrogens with one attached hydrogen (secondary N) is 1. The highest BCUT2D eigenvalue weighted by Crippen LogP contribution is 2.39. The van der Waals surface area contributed by atoms with E-state index < -0.39 is 15.2 Å². The Kier molecular flexibility index (Phi) is 7.58. The molecule has 21 heavy (non-hydrogen) atoms. The standard InChI is InChI=1S/C12H13Cl5N2OS/c1-3-21-10(12(15,16)17)19(2)11(20)18-7-4-5-8(13)9(14)6-7/h4-6,10H,3H2,1-2H3,(H,18,20). The van der Waals surface area contributed by atoms with Crippen molar-refractivity contribution in [2.24, 2.45) is 0 Å². The van der Waals surface area contributed by atoms with Gasteiger partial charge in [0.05, 0.1) is 10.0 Å². The molecule has 0 bridgehead atoms. The first-order valence-corrected chi connectivity index (χ1v) is 8.77. The molecule has 0 saturated heterocycles. The van der Waals surface area contributed by atoms with E-state index in [9.17, 15) is 4.79 Å². The van der Waals surface area contributed by atoms with Crippen LogP contribution in [0.3, 0.4) is 0 Å². The average molecular weight is 411 g/mol. The van der Waals surface area contributed by atoms with Gasteiger partial charge in [-0.05, 0) is 24.0 Å². The predicted molar refractivity (Wildman–Crippen MR) is 95.5 cm³/mol. The zero-order valence-electron chi connectivity index (χ0n) is 11.2. The molecule has 9 heteroatoms. The third-order valence-electron chi connectivity index (χ3n) is 2.45. The number of alkyl halides is 3. The van der Waals surface area contributed by atoms with Crippen LogP contribution in [0.4, 0.5) is 10.5 Å². The van der Waals surface area contributed by atoms with Gasteiger partial charge < -0.3 is 10.2 Å². The van der Waals surface area contributed by atoms with Crippen LogP contribution in [0.1, 0.15) is 6.92 Å². The first-order chi connectivity index (χ1) is 9.66. The molecule has 1 unspecified atom stereocenters. The summed E-state index contributed by atoms with van der Waals surface area (Å²) in [6.45, 7) is 1.92. The topological polar surface area (TPSA) is 32.3 Å². The fourth-order valence-electron chi connectivity index (χ4n) is 1.48. The molecule has 1 aromatic rings. The first-order valence-electron chi connectivity index (χ1n) is 5.84. The second-order valence-electron chi connectivity index (χ2n) is 4.02. The van der Waals surface area contributed by atoms with E-state index in [1.807, 2.05) is 6.92 Å². The molecule has 1 rings (SSSR count). The first kappa shape index (κ1) is 19.3. The summed E-state index contributed by atoms with van der Waals surface area (Å²) in [6, 6.07) is 4.36. The normalized spacial score (nSPS) is 12.9. The van der Waals surface area contributed by atoms with Crippen molar-refractivity contribution in [1.82, 2.24) is 4.90 Å².